The topological polar surface area (TPSA) is 130 Å². The number of hydrogen-bond donors (Lipinski definition) is 4. The molecule has 0 radical (unpaired) electrons. The van der Waals surface area contributed by atoms with Gasteiger partial charge in [-0.1, -0.05) is 0 Å². The molecule has 0 saturated heterocycles. The fraction of sp³-hybridized carbons (Fsp3) is 0.625. The van der Waals surface area contributed by atoms with E-state index in [-0.39, 0.29) is 12.8 Å². The van der Waals surface area contributed by atoms with Crippen LogP contribution in [0.3, 0.4) is 0 Å². The number of aliphatic hydroxyl groups is 1. The Hall–Kier alpha value is -1.63. The van der Waals surface area contributed by atoms with Gasteiger partial charge in [0, 0.05) is 6.42 Å². The molecule has 15 heavy (non-hydrogen) atoms. The SMILES string of the molecule is C[C@@H](O)C(=O)N[C@@H](CCC(N)=O)C(=O)O. The summed E-state index contributed by atoms with van der Waals surface area (Å²) in [6.45, 7) is 1.21. The second-order valence-corrected chi connectivity index (χ2v) is 3.08. The molecule has 7 nitrogen and oxygen atoms in total. The average Bonchev–Trinajstić information content (AvgIpc) is 2.10. The lowest BCUT2D eigenvalue weighted by atomic mass is 10.1. The quantitative estimate of drug-likeness (QED) is 0.418. The number of carboxylic acids is 1. The van der Waals surface area contributed by atoms with Gasteiger partial charge in [-0.2, -0.15) is 0 Å². The van der Waals surface area contributed by atoms with Crippen molar-refractivity contribution >= 4 is 17.8 Å². The van der Waals surface area contributed by atoms with Crippen molar-refractivity contribution in [2.75, 3.05) is 0 Å². The summed E-state index contributed by atoms with van der Waals surface area (Å²) in [5.74, 6) is -2.72. The minimum absolute atomic E-state index is 0.0941. The number of hydrogen-bond acceptors (Lipinski definition) is 4. The van der Waals surface area contributed by atoms with E-state index in [1.807, 2.05) is 0 Å². The van der Waals surface area contributed by atoms with Crippen LogP contribution in [0.5, 0.6) is 0 Å². The molecule has 2 atom stereocenters. The number of aliphatic carboxylic acids is 1. The Bertz CT molecular complexity index is 264. The molecule has 7 heteroatoms. The third kappa shape index (κ3) is 5.63. The Morgan fingerprint density at radius 1 is 1.40 bits per heavy atom. The van der Waals surface area contributed by atoms with Gasteiger partial charge in [0.15, 0.2) is 0 Å². The molecule has 0 aliphatic heterocycles. The number of amides is 2. The van der Waals surface area contributed by atoms with E-state index in [2.05, 4.69) is 5.32 Å². The maximum atomic E-state index is 11.0. The van der Waals surface area contributed by atoms with E-state index in [0.29, 0.717) is 0 Å². The predicted octanol–water partition coefficient (Wildman–Crippen LogP) is -1.80. The molecule has 0 aromatic carbocycles. The highest BCUT2D eigenvalue weighted by molar-refractivity contribution is 5.86. The Kier molecular flexibility index (Phi) is 5.32. The first-order valence-electron chi connectivity index (χ1n) is 4.34. The number of rotatable bonds is 6. The van der Waals surface area contributed by atoms with Crippen molar-refractivity contribution in [1.82, 2.24) is 5.32 Å². The van der Waals surface area contributed by atoms with Crippen molar-refractivity contribution in [2.24, 2.45) is 5.73 Å². The van der Waals surface area contributed by atoms with Crippen LogP contribution in [0.1, 0.15) is 19.8 Å². The molecule has 0 rings (SSSR count). The Labute approximate surface area is 86.3 Å². The third-order valence-corrected chi connectivity index (χ3v) is 1.67. The van der Waals surface area contributed by atoms with Crippen LogP contribution in [0.4, 0.5) is 0 Å². The number of primary amides is 1. The summed E-state index contributed by atoms with van der Waals surface area (Å²) >= 11 is 0. The third-order valence-electron chi connectivity index (χ3n) is 1.67. The summed E-state index contributed by atoms with van der Waals surface area (Å²) in [5.41, 5.74) is 4.84. The first kappa shape index (κ1) is 13.4. The standard InChI is InChI=1S/C8H14N2O5/c1-4(11)7(13)10-5(8(14)15)2-3-6(9)12/h4-5,11H,2-3H2,1H3,(H2,9,12)(H,10,13)(H,14,15)/t4-,5+/m1/s1. The van der Waals surface area contributed by atoms with Crippen LogP contribution in [0.25, 0.3) is 0 Å². The highest BCUT2D eigenvalue weighted by atomic mass is 16.4. The van der Waals surface area contributed by atoms with E-state index in [1.54, 1.807) is 0 Å². The van der Waals surface area contributed by atoms with Crippen molar-refractivity contribution in [3.63, 3.8) is 0 Å². The van der Waals surface area contributed by atoms with Crippen molar-refractivity contribution in [3.05, 3.63) is 0 Å². The molecule has 0 heterocycles. The second kappa shape index (κ2) is 5.97. The van der Waals surface area contributed by atoms with E-state index < -0.39 is 29.9 Å². The molecule has 0 saturated carbocycles. The summed E-state index contributed by atoms with van der Waals surface area (Å²) in [6, 6.07) is -1.21. The van der Waals surface area contributed by atoms with Gasteiger partial charge < -0.3 is 21.3 Å². The van der Waals surface area contributed by atoms with E-state index in [1.165, 1.54) is 6.92 Å². The van der Waals surface area contributed by atoms with Gasteiger partial charge in [-0.25, -0.2) is 4.79 Å². The van der Waals surface area contributed by atoms with Crippen LogP contribution >= 0.6 is 0 Å². The van der Waals surface area contributed by atoms with Crippen LogP contribution in [0, 0.1) is 0 Å². The number of nitrogens with one attached hydrogen (secondary N) is 1. The van der Waals surface area contributed by atoms with E-state index >= 15 is 0 Å². The van der Waals surface area contributed by atoms with E-state index in [0.717, 1.165) is 0 Å². The normalized spacial score (nSPS) is 14.0. The van der Waals surface area contributed by atoms with Crippen molar-refractivity contribution in [1.29, 1.82) is 0 Å². The molecule has 0 bridgehead atoms. The van der Waals surface area contributed by atoms with Gasteiger partial charge in [-0.05, 0) is 13.3 Å². The zero-order valence-electron chi connectivity index (χ0n) is 8.27. The van der Waals surface area contributed by atoms with Crippen LogP contribution < -0.4 is 11.1 Å². The zero-order valence-corrected chi connectivity index (χ0v) is 8.27. The molecule has 0 aliphatic carbocycles. The molecule has 0 spiro atoms. The number of carboxylic acid groups (broad SMARTS) is 1. The number of aliphatic hydroxyl groups excluding tert-OH is 1. The Morgan fingerprint density at radius 3 is 2.27 bits per heavy atom. The smallest absolute Gasteiger partial charge is 0.326 e. The van der Waals surface area contributed by atoms with Crippen LogP contribution in [-0.4, -0.2) is 40.1 Å². The summed E-state index contributed by atoms with van der Waals surface area (Å²) in [6.07, 6.45) is -1.53. The monoisotopic (exact) mass is 218 g/mol. The lowest BCUT2D eigenvalue weighted by Crippen LogP contribution is -2.45. The molecule has 2 amide bonds. The van der Waals surface area contributed by atoms with Gasteiger partial charge >= 0.3 is 5.97 Å². The molecule has 0 aromatic rings. The van der Waals surface area contributed by atoms with E-state index in [4.69, 9.17) is 15.9 Å². The van der Waals surface area contributed by atoms with Gasteiger partial charge in [0.2, 0.25) is 11.8 Å². The molecule has 86 valence electrons. The van der Waals surface area contributed by atoms with Crippen LogP contribution in [0.2, 0.25) is 0 Å². The summed E-state index contributed by atoms with van der Waals surface area (Å²) in [7, 11) is 0. The lowest BCUT2D eigenvalue weighted by Gasteiger charge is -2.14. The summed E-state index contributed by atoms with van der Waals surface area (Å²) in [5, 5.41) is 19.6. The first-order valence-corrected chi connectivity index (χ1v) is 4.34. The molecule has 0 aliphatic rings. The van der Waals surface area contributed by atoms with Crippen LogP contribution in [-0.2, 0) is 14.4 Å². The highest BCUT2D eigenvalue weighted by Crippen LogP contribution is 1.98. The van der Waals surface area contributed by atoms with Crippen molar-refractivity contribution < 1.29 is 24.6 Å². The molecule has 0 unspecified atom stereocenters. The first-order chi connectivity index (χ1) is 6.84. The second-order valence-electron chi connectivity index (χ2n) is 3.08. The minimum atomic E-state index is -1.29. The summed E-state index contributed by atoms with van der Waals surface area (Å²) in [4.78, 5) is 32.0. The molecular formula is C8H14N2O5. The van der Waals surface area contributed by atoms with E-state index in [9.17, 15) is 14.4 Å². The molecule has 0 aromatic heterocycles. The van der Waals surface area contributed by atoms with Crippen molar-refractivity contribution in [3.8, 4) is 0 Å². The maximum Gasteiger partial charge on any atom is 0.326 e. The predicted molar refractivity (Wildman–Crippen MR) is 49.7 cm³/mol. The maximum absolute atomic E-state index is 11.0. The fourth-order valence-corrected chi connectivity index (χ4v) is 0.836. The molecule has 5 N–H and O–H groups in total. The fourth-order valence-electron chi connectivity index (χ4n) is 0.836. The van der Waals surface area contributed by atoms with Crippen LogP contribution in [0.15, 0.2) is 0 Å². The Balaban J connectivity index is 4.22. The van der Waals surface area contributed by atoms with Gasteiger partial charge in [0.05, 0.1) is 0 Å². The highest BCUT2D eigenvalue weighted by Gasteiger charge is 2.22. The lowest BCUT2D eigenvalue weighted by molar-refractivity contribution is -0.143. The molecular weight excluding hydrogens is 204 g/mol. The van der Waals surface area contributed by atoms with Gasteiger partial charge in [0.25, 0.3) is 0 Å². The Morgan fingerprint density at radius 2 is 1.93 bits per heavy atom. The summed E-state index contributed by atoms with van der Waals surface area (Å²) < 4.78 is 0. The average molecular weight is 218 g/mol. The zero-order chi connectivity index (χ0) is 12.0. The largest absolute Gasteiger partial charge is 0.480 e. The number of nitrogens with two attached hydrogens (primary N) is 1. The van der Waals surface area contributed by atoms with Crippen molar-refractivity contribution in [2.45, 2.75) is 31.9 Å². The van der Waals surface area contributed by atoms with Gasteiger partial charge in [-0.15, -0.1) is 0 Å². The number of carbonyl (C=O) groups excluding carboxylic acids is 2. The van der Waals surface area contributed by atoms with Gasteiger partial charge in [0.1, 0.15) is 12.1 Å². The minimum Gasteiger partial charge on any atom is -0.480 e. The number of carbonyl (C=O) groups is 3. The molecule has 0 fully saturated rings. The van der Waals surface area contributed by atoms with Gasteiger partial charge in [-0.3, -0.25) is 9.59 Å².